The summed E-state index contributed by atoms with van der Waals surface area (Å²) in [4.78, 5) is 17.5. The van der Waals surface area contributed by atoms with E-state index >= 15 is 0 Å². The molecule has 0 saturated carbocycles. The van der Waals surface area contributed by atoms with Gasteiger partial charge >= 0.3 is 0 Å². The Morgan fingerprint density at radius 3 is 2.52 bits per heavy atom. The molecule has 1 atom stereocenters. The highest BCUT2D eigenvalue weighted by atomic mass is 16.2. The van der Waals surface area contributed by atoms with Crippen molar-refractivity contribution in [2.75, 3.05) is 26.2 Å². The summed E-state index contributed by atoms with van der Waals surface area (Å²) in [5.41, 5.74) is 2.75. The second kappa shape index (κ2) is 7.96. The van der Waals surface area contributed by atoms with Gasteiger partial charge in [-0.2, -0.15) is 0 Å². The summed E-state index contributed by atoms with van der Waals surface area (Å²) in [5, 5.41) is 0. The van der Waals surface area contributed by atoms with Gasteiger partial charge < -0.3 is 4.90 Å². The van der Waals surface area contributed by atoms with E-state index in [1.54, 1.807) is 0 Å². The summed E-state index contributed by atoms with van der Waals surface area (Å²) in [7, 11) is 0. The van der Waals surface area contributed by atoms with Gasteiger partial charge in [0, 0.05) is 26.2 Å². The van der Waals surface area contributed by atoms with Crippen LogP contribution in [0.5, 0.6) is 0 Å². The molecule has 0 aliphatic carbocycles. The Bertz CT molecular complexity index is 520. The van der Waals surface area contributed by atoms with Crippen molar-refractivity contribution >= 4 is 5.91 Å². The first-order chi connectivity index (χ1) is 11.2. The van der Waals surface area contributed by atoms with E-state index in [1.165, 1.54) is 36.8 Å². The second-order valence-electron chi connectivity index (χ2n) is 7.24. The maximum absolute atomic E-state index is 12.9. The van der Waals surface area contributed by atoms with Crippen LogP contribution in [0.15, 0.2) is 24.3 Å². The maximum Gasteiger partial charge on any atom is 0.226 e. The number of carbonyl (C=O) groups is 1. The number of aryl methyl sites for hydroxylation is 1. The molecule has 3 rings (SSSR count). The third-order valence-electron chi connectivity index (χ3n) is 5.43. The molecular weight excluding hydrogens is 284 g/mol. The molecule has 2 heterocycles. The smallest absolute Gasteiger partial charge is 0.226 e. The molecule has 3 heteroatoms. The van der Waals surface area contributed by atoms with Crippen LogP contribution in [0.1, 0.15) is 49.7 Å². The molecule has 0 unspecified atom stereocenters. The predicted molar refractivity (Wildman–Crippen MR) is 94.2 cm³/mol. The summed E-state index contributed by atoms with van der Waals surface area (Å²) in [6.45, 7) is 7.18. The fourth-order valence-electron chi connectivity index (χ4n) is 3.98. The molecule has 1 aromatic rings. The minimum atomic E-state index is 0.214. The van der Waals surface area contributed by atoms with Crippen LogP contribution in [0, 0.1) is 12.8 Å². The van der Waals surface area contributed by atoms with E-state index in [0.717, 1.165) is 45.6 Å². The molecule has 0 aromatic heterocycles. The van der Waals surface area contributed by atoms with Gasteiger partial charge in [0.15, 0.2) is 0 Å². The molecule has 2 aliphatic heterocycles. The molecule has 3 nitrogen and oxygen atoms in total. The Morgan fingerprint density at radius 2 is 1.78 bits per heavy atom. The quantitative estimate of drug-likeness (QED) is 0.851. The fraction of sp³-hybridized carbons (Fsp3) is 0.650. The first-order valence-corrected chi connectivity index (χ1v) is 9.29. The van der Waals surface area contributed by atoms with Gasteiger partial charge in [0.1, 0.15) is 0 Å². The maximum atomic E-state index is 12.9. The van der Waals surface area contributed by atoms with Crippen molar-refractivity contribution in [2.24, 2.45) is 5.92 Å². The molecule has 23 heavy (non-hydrogen) atoms. The lowest BCUT2D eigenvalue weighted by Crippen LogP contribution is -2.44. The average Bonchev–Trinajstić information content (AvgIpc) is 2.86. The summed E-state index contributed by atoms with van der Waals surface area (Å²) < 4.78 is 0. The van der Waals surface area contributed by atoms with Gasteiger partial charge in [0.25, 0.3) is 0 Å². The van der Waals surface area contributed by atoms with Crippen LogP contribution in [-0.4, -0.2) is 41.9 Å². The van der Waals surface area contributed by atoms with Gasteiger partial charge in [-0.3, -0.25) is 9.69 Å². The number of carbonyl (C=O) groups excluding carboxylic acids is 1. The Kier molecular flexibility index (Phi) is 5.71. The van der Waals surface area contributed by atoms with E-state index in [1.807, 2.05) is 0 Å². The van der Waals surface area contributed by atoms with Gasteiger partial charge in [0.05, 0.1) is 5.92 Å². The number of likely N-dealkylation sites (tertiary alicyclic amines) is 2. The number of piperidine rings is 1. The van der Waals surface area contributed by atoms with Crippen LogP contribution >= 0.6 is 0 Å². The third kappa shape index (κ3) is 4.35. The Hall–Kier alpha value is -1.35. The zero-order chi connectivity index (χ0) is 16.1. The van der Waals surface area contributed by atoms with Gasteiger partial charge in [0.2, 0.25) is 5.91 Å². The highest BCUT2D eigenvalue weighted by molar-refractivity contribution is 5.79. The molecule has 2 saturated heterocycles. The lowest BCUT2D eigenvalue weighted by molar-refractivity contribution is -0.137. The first kappa shape index (κ1) is 16.5. The highest BCUT2D eigenvalue weighted by Crippen LogP contribution is 2.23. The van der Waals surface area contributed by atoms with Crippen LogP contribution in [0.25, 0.3) is 0 Å². The number of nitrogens with zero attached hydrogens (tertiary/aromatic N) is 2. The predicted octanol–water partition coefficient (Wildman–Crippen LogP) is 3.61. The van der Waals surface area contributed by atoms with Gasteiger partial charge in [-0.1, -0.05) is 37.1 Å². The third-order valence-corrected chi connectivity index (χ3v) is 5.43. The minimum Gasteiger partial charge on any atom is -0.342 e. The number of benzene rings is 1. The van der Waals surface area contributed by atoms with Crippen molar-refractivity contribution in [1.29, 1.82) is 0 Å². The lowest BCUT2D eigenvalue weighted by Gasteiger charge is -2.35. The topological polar surface area (TPSA) is 23.6 Å². The molecule has 126 valence electrons. The zero-order valence-corrected chi connectivity index (χ0v) is 14.5. The Morgan fingerprint density at radius 1 is 1.04 bits per heavy atom. The number of rotatable bonds is 3. The van der Waals surface area contributed by atoms with Crippen LogP contribution in [0.4, 0.5) is 0 Å². The van der Waals surface area contributed by atoms with Gasteiger partial charge in [-0.05, 0) is 50.3 Å². The number of hydrogen-bond donors (Lipinski definition) is 0. The van der Waals surface area contributed by atoms with Crippen LogP contribution < -0.4 is 0 Å². The highest BCUT2D eigenvalue weighted by Gasteiger charge is 2.29. The van der Waals surface area contributed by atoms with E-state index < -0.39 is 0 Å². The van der Waals surface area contributed by atoms with E-state index in [-0.39, 0.29) is 5.92 Å². The molecule has 0 radical (unpaired) electrons. The second-order valence-corrected chi connectivity index (χ2v) is 7.24. The number of amides is 1. The Labute approximate surface area is 140 Å². The molecule has 0 spiro atoms. The molecule has 0 bridgehead atoms. The van der Waals surface area contributed by atoms with E-state index in [2.05, 4.69) is 41.0 Å². The molecular formula is C20H30N2O. The first-order valence-electron chi connectivity index (χ1n) is 9.29. The Balaban J connectivity index is 1.59. The zero-order valence-electron chi connectivity index (χ0n) is 14.5. The van der Waals surface area contributed by atoms with E-state index in [9.17, 15) is 4.79 Å². The molecule has 1 amide bonds. The van der Waals surface area contributed by atoms with Crippen molar-refractivity contribution in [2.45, 2.75) is 52.0 Å². The van der Waals surface area contributed by atoms with Crippen molar-refractivity contribution in [3.8, 4) is 0 Å². The lowest BCUT2D eigenvalue weighted by atomic mass is 9.95. The summed E-state index contributed by atoms with van der Waals surface area (Å²) >= 11 is 0. The molecule has 2 fully saturated rings. The van der Waals surface area contributed by atoms with Crippen LogP contribution in [0.2, 0.25) is 0 Å². The van der Waals surface area contributed by atoms with E-state index in [0.29, 0.717) is 5.91 Å². The van der Waals surface area contributed by atoms with E-state index in [4.69, 9.17) is 0 Å². The fourth-order valence-corrected chi connectivity index (χ4v) is 3.98. The summed E-state index contributed by atoms with van der Waals surface area (Å²) in [6, 6.07) is 8.61. The molecule has 1 aromatic carbocycles. The van der Waals surface area contributed by atoms with Gasteiger partial charge in [-0.25, -0.2) is 0 Å². The van der Waals surface area contributed by atoms with Crippen molar-refractivity contribution in [3.63, 3.8) is 0 Å². The molecule has 2 aliphatic rings. The van der Waals surface area contributed by atoms with Crippen LogP contribution in [0.3, 0.4) is 0 Å². The SMILES string of the molecule is Cc1ccccc1CN1CCC[C@H](C(=O)N2CCCCCC2)C1. The normalized spacial score (nSPS) is 23.5. The monoisotopic (exact) mass is 314 g/mol. The van der Waals surface area contributed by atoms with Crippen molar-refractivity contribution < 1.29 is 4.79 Å². The summed E-state index contributed by atoms with van der Waals surface area (Å²) in [5.74, 6) is 0.632. The molecule has 0 N–H and O–H groups in total. The standard InChI is InChI=1S/C20H30N2O/c1-17-9-4-5-10-18(17)15-21-12-8-11-19(16-21)20(23)22-13-6-2-3-7-14-22/h4-5,9-10,19H,2-3,6-8,11-16H2,1H3/t19-/m0/s1. The summed E-state index contributed by atoms with van der Waals surface area (Å²) in [6.07, 6.45) is 7.16. The minimum absolute atomic E-state index is 0.214. The van der Waals surface area contributed by atoms with Crippen molar-refractivity contribution in [1.82, 2.24) is 9.80 Å². The van der Waals surface area contributed by atoms with Gasteiger partial charge in [-0.15, -0.1) is 0 Å². The average molecular weight is 314 g/mol. The largest absolute Gasteiger partial charge is 0.342 e. The van der Waals surface area contributed by atoms with Crippen molar-refractivity contribution in [3.05, 3.63) is 35.4 Å². The number of hydrogen-bond acceptors (Lipinski definition) is 2. The van der Waals surface area contributed by atoms with Crippen LogP contribution in [-0.2, 0) is 11.3 Å².